The smallest absolute Gasteiger partial charge is 0.194 e. The highest BCUT2D eigenvalue weighted by atomic mass is 35.5. The molecule has 15 heavy (non-hydrogen) atoms. The number of halogens is 1. The SMILES string of the molecule is CC(=O)c1cc(Cl)c(C2CCCCC2)o1. The van der Waals surface area contributed by atoms with Gasteiger partial charge in [-0.15, -0.1) is 0 Å². The first-order chi connectivity index (χ1) is 7.18. The highest BCUT2D eigenvalue weighted by Gasteiger charge is 2.23. The molecule has 0 bridgehead atoms. The molecule has 0 spiro atoms. The van der Waals surface area contributed by atoms with Crippen molar-refractivity contribution in [3.63, 3.8) is 0 Å². The third-order valence-electron chi connectivity index (χ3n) is 3.04. The molecule has 2 nitrogen and oxygen atoms in total. The summed E-state index contributed by atoms with van der Waals surface area (Å²) in [5, 5.41) is 0.618. The summed E-state index contributed by atoms with van der Waals surface area (Å²) in [4.78, 5) is 11.1. The first-order valence-corrected chi connectivity index (χ1v) is 5.86. The molecule has 1 aromatic heterocycles. The normalized spacial score (nSPS) is 18.0. The number of ketones is 1. The summed E-state index contributed by atoms with van der Waals surface area (Å²) in [5.74, 6) is 1.57. The zero-order chi connectivity index (χ0) is 10.8. The molecular weight excluding hydrogens is 212 g/mol. The Balaban J connectivity index is 2.22. The van der Waals surface area contributed by atoms with Crippen molar-refractivity contribution in [3.8, 4) is 0 Å². The first kappa shape index (κ1) is 10.7. The van der Waals surface area contributed by atoms with E-state index in [2.05, 4.69) is 0 Å². The van der Waals surface area contributed by atoms with Gasteiger partial charge in [0.15, 0.2) is 11.5 Å². The molecule has 0 aromatic carbocycles. The summed E-state index contributed by atoms with van der Waals surface area (Å²) >= 11 is 6.08. The maximum Gasteiger partial charge on any atom is 0.194 e. The monoisotopic (exact) mass is 226 g/mol. The lowest BCUT2D eigenvalue weighted by Crippen LogP contribution is -2.03. The fourth-order valence-electron chi connectivity index (χ4n) is 2.20. The van der Waals surface area contributed by atoms with Crippen LogP contribution in [0.1, 0.15) is 61.3 Å². The van der Waals surface area contributed by atoms with Gasteiger partial charge in [-0.3, -0.25) is 4.79 Å². The predicted molar refractivity (Wildman–Crippen MR) is 59.5 cm³/mol. The molecule has 0 unspecified atom stereocenters. The molecule has 1 saturated carbocycles. The second-order valence-electron chi connectivity index (χ2n) is 4.21. The molecule has 82 valence electrons. The maximum atomic E-state index is 11.1. The molecule has 1 aliphatic carbocycles. The van der Waals surface area contributed by atoms with Gasteiger partial charge >= 0.3 is 0 Å². The Kier molecular flexibility index (Phi) is 3.15. The van der Waals surface area contributed by atoms with Crippen LogP contribution in [0.5, 0.6) is 0 Å². The Morgan fingerprint density at radius 3 is 2.60 bits per heavy atom. The van der Waals surface area contributed by atoms with Crippen LogP contribution in [-0.2, 0) is 0 Å². The molecule has 1 fully saturated rings. The fourth-order valence-corrected chi connectivity index (χ4v) is 2.49. The number of hydrogen-bond donors (Lipinski definition) is 0. The van der Waals surface area contributed by atoms with Crippen molar-refractivity contribution < 1.29 is 9.21 Å². The lowest BCUT2D eigenvalue weighted by atomic mass is 9.87. The number of Topliss-reactive ketones (excluding diaryl/α,β-unsaturated/α-hetero) is 1. The van der Waals surface area contributed by atoms with Crippen molar-refractivity contribution in [3.05, 3.63) is 22.6 Å². The van der Waals surface area contributed by atoms with Crippen LogP contribution < -0.4 is 0 Å². The summed E-state index contributed by atoms with van der Waals surface area (Å²) in [5.41, 5.74) is 0. The lowest BCUT2D eigenvalue weighted by Gasteiger charge is -2.19. The Morgan fingerprint density at radius 1 is 1.40 bits per heavy atom. The van der Waals surface area contributed by atoms with Crippen LogP contribution in [0.25, 0.3) is 0 Å². The van der Waals surface area contributed by atoms with E-state index in [9.17, 15) is 4.79 Å². The molecule has 1 aliphatic rings. The third-order valence-corrected chi connectivity index (χ3v) is 3.33. The molecular formula is C12H15ClO2. The molecule has 0 saturated heterocycles. The van der Waals surface area contributed by atoms with Gasteiger partial charge in [-0.25, -0.2) is 0 Å². The highest BCUT2D eigenvalue weighted by molar-refractivity contribution is 6.31. The van der Waals surface area contributed by atoms with Crippen molar-refractivity contribution in [1.29, 1.82) is 0 Å². The Bertz CT molecular complexity index is 362. The van der Waals surface area contributed by atoms with Crippen molar-refractivity contribution in [1.82, 2.24) is 0 Å². The largest absolute Gasteiger partial charge is 0.456 e. The summed E-state index contributed by atoms with van der Waals surface area (Å²) in [6.45, 7) is 1.50. The van der Waals surface area contributed by atoms with Crippen molar-refractivity contribution in [2.75, 3.05) is 0 Å². The van der Waals surface area contributed by atoms with Gasteiger partial charge in [0.1, 0.15) is 5.76 Å². The van der Waals surface area contributed by atoms with Crippen molar-refractivity contribution >= 4 is 17.4 Å². The topological polar surface area (TPSA) is 30.2 Å². The van der Waals surface area contributed by atoms with Gasteiger partial charge in [0, 0.05) is 18.9 Å². The van der Waals surface area contributed by atoms with Crippen LogP contribution in [0.4, 0.5) is 0 Å². The zero-order valence-corrected chi connectivity index (χ0v) is 9.64. The van der Waals surface area contributed by atoms with E-state index >= 15 is 0 Å². The van der Waals surface area contributed by atoms with Gasteiger partial charge in [0.2, 0.25) is 0 Å². The number of carbonyl (C=O) groups excluding carboxylic acids is 1. The minimum absolute atomic E-state index is 0.0565. The minimum Gasteiger partial charge on any atom is -0.456 e. The van der Waals surface area contributed by atoms with E-state index in [0.29, 0.717) is 16.7 Å². The van der Waals surface area contributed by atoms with Crippen LogP contribution in [0.3, 0.4) is 0 Å². The molecule has 0 N–H and O–H groups in total. The van der Waals surface area contributed by atoms with Crippen molar-refractivity contribution in [2.24, 2.45) is 0 Å². The second-order valence-corrected chi connectivity index (χ2v) is 4.62. The van der Waals surface area contributed by atoms with Crippen LogP contribution in [0.15, 0.2) is 10.5 Å². The third kappa shape index (κ3) is 2.25. The molecule has 0 aliphatic heterocycles. The molecule has 1 heterocycles. The molecule has 2 rings (SSSR count). The highest BCUT2D eigenvalue weighted by Crippen LogP contribution is 2.37. The molecule has 3 heteroatoms. The fraction of sp³-hybridized carbons (Fsp3) is 0.583. The van der Waals surface area contributed by atoms with E-state index in [1.54, 1.807) is 6.07 Å². The van der Waals surface area contributed by atoms with Crippen molar-refractivity contribution in [2.45, 2.75) is 44.9 Å². The van der Waals surface area contributed by atoms with Crippen LogP contribution >= 0.6 is 11.6 Å². The average Bonchev–Trinajstić information content (AvgIpc) is 2.62. The Hall–Kier alpha value is -0.760. The second kappa shape index (κ2) is 4.40. The average molecular weight is 227 g/mol. The zero-order valence-electron chi connectivity index (χ0n) is 8.88. The minimum atomic E-state index is -0.0565. The van der Waals surface area contributed by atoms with E-state index in [1.807, 2.05) is 0 Å². The number of rotatable bonds is 2. The number of hydrogen-bond acceptors (Lipinski definition) is 2. The van der Waals surface area contributed by atoms with E-state index in [0.717, 1.165) is 18.6 Å². The standard InChI is InChI=1S/C12H15ClO2/c1-8(14)11-7-10(13)12(15-11)9-5-3-2-4-6-9/h7,9H,2-6H2,1H3. The van der Waals surface area contributed by atoms with Gasteiger partial charge in [0.05, 0.1) is 5.02 Å². The van der Waals surface area contributed by atoms with Gasteiger partial charge in [0.25, 0.3) is 0 Å². The van der Waals surface area contributed by atoms with E-state index in [4.69, 9.17) is 16.0 Å². The van der Waals surface area contributed by atoms with Gasteiger partial charge in [-0.05, 0) is 12.8 Å². The quantitative estimate of drug-likeness (QED) is 0.708. The van der Waals surface area contributed by atoms with E-state index < -0.39 is 0 Å². The summed E-state index contributed by atoms with van der Waals surface area (Å²) < 4.78 is 5.53. The Morgan fingerprint density at radius 2 is 2.07 bits per heavy atom. The molecule has 0 radical (unpaired) electrons. The Labute approximate surface area is 94.6 Å². The predicted octanol–water partition coefficient (Wildman–Crippen LogP) is 4.18. The van der Waals surface area contributed by atoms with Crippen LogP contribution in [-0.4, -0.2) is 5.78 Å². The lowest BCUT2D eigenvalue weighted by molar-refractivity contribution is 0.0984. The molecule has 0 atom stereocenters. The van der Waals surface area contributed by atoms with Gasteiger partial charge in [-0.1, -0.05) is 30.9 Å². The number of carbonyl (C=O) groups is 1. The summed E-state index contributed by atoms with van der Waals surface area (Å²) in [7, 11) is 0. The number of furan rings is 1. The molecule has 0 amide bonds. The summed E-state index contributed by atoms with van der Waals surface area (Å²) in [6, 6.07) is 1.65. The van der Waals surface area contributed by atoms with Gasteiger partial charge in [-0.2, -0.15) is 0 Å². The maximum absolute atomic E-state index is 11.1. The molecule has 1 aromatic rings. The van der Waals surface area contributed by atoms with Gasteiger partial charge < -0.3 is 4.42 Å². The first-order valence-electron chi connectivity index (χ1n) is 5.48. The van der Waals surface area contributed by atoms with E-state index in [1.165, 1.54) is 26.2 Å². The summed E-state index contributed by atoms with van der Waals surface area (Å²) in [6.07, 6.45) is 6.03. The van der Waals surface area contributed by atoms with Crippen LogP contribution in [0, 0.1) is 0 Å². The van der Waals surface area contributed by atoms with Crippen LogP contribution in [0.2, 0.25) is 5.02 Å². The van der Waals surface area contributed by atoms with E-state index in [-0.39, 0.29) is 5.78 Å².